The van der Waals surface area contributed by atoms with E-state index in [1.54, 1.807) is 0 Å². The lowest BCUT2D eigenvalue weighted by Crippen LogP contribution is -2.21. The summed E-state index contributed by atoms with van der Waals surface area (Å²) in [5, 5.41) is 1.05. The molecule has 2 heteroatoms. The van der Waals surface area contributed by atoms with Gasteiger partial charge in [0.2, 0.25) is 0 Å². The van der Waals surface area contributed by atoms with Crippen LogP contribution in [0.5, 0.6) is 0 Å². The van der Waals surface area contributed by atoms with Crippen LogP contribution in [0, 0.1) is 5.41 Å². The molecule has 0 aliphatic heterocycles. The number of fused-ring (bicyclic) bond motifs is 1. The van der Waals surface area contributed by atoms with Crippen LogP contribution in [0.25, 0.3) is 11.0 Å². The predicted molar refractivity (Wildman–Crippen MR) is 64.4 cm³/mol. The Kier molecular flexibility index (Phi) is 2.58. The second-order valence-corrected chi connectivity index (χ2v) is 5.10. The third kappa shape index (κ3) is 2.16. The normalized spacial score (nSPS) is 11.9. The Labute approximate surface area is 95.3 Å². The molecule has 0 unspecified atom stereocenters. The van der Waals surface area contributed by atoms with Crippen molar-refractivity contribution in [2.24, 2.45) is 5.41 Å². The van der Waals surface area contributed by atoms with Gasteiger partial charge >= 0.3 is 0 Å². The molecule has 0 amide bonds. The lowest BCUT2D eigenvalue weighted by atomic mass is 9.88. The highest BCUT2D eigenvalue weighted by molar-refractivity contribution is 5.86. The van der Waals surface area contributed by atoms with Gasteiger partial charge in [-0.25, -0.2) is 0 Å². The summed E-state index contributed by atoms with van der Waals surface area (Å²) in [7, 11) is 0. The average molecular weight is 216 g/mol. The lowest BCUT2D eigenvalue weighted by molar-refractivity contribution is -0.125. The van der Waals surface area contributed by atoms with E-state index in [1.807, 2.05) is 51.1 Å². The Hall–Kier alpha value is -1.57. The number of carbonyl (C=O) groups is 1. The van der Waals surface area contributed by atoms with Crippen molar-refractivity contribution in [3.63, 3.8) is 0 Å². The predicted octanol–water partition coefficient (Wildman–Crippen LogP) is 3.59. The molecule has 2 rings (SSSR count). The first kappa shape index (κ1) is 10.9. The van der Waals surface area contributed by atoms with Gasteiger partial charge in [-0.2, -0.15) is 0 Å². The van der Waals surface area contributed by atoms with Crippen molar-refractivity contribution >= 4 is 16.8 Å². The summed E-state index contributed by atoms with van der Waals surface area (Å²) in [6, 6.07) is 9.75. The molecule has 0 aliphatic rings. The minimum absolute atomic E-state index is 0.201. The van der Waals surface area contributed by atoms with Crippen molar-refractivity contribution in [2.75, 3.05) is 0 Å². The van der Waals surface area contributed by atoms with E-state index in [2.05, 4.69) is 0 Å². The maximum absolute atomic E-state index is 11.9. The Morgan fingerprint density at radius 3 is 2.56 bits per heavy atom. The highest BCUT2D eigenvalue weighted by atomic mass is 16.3. The van der Waals surface area contributed by atoms with E-state index in [0.717, 1.165) is 16.7 Å². The fourth-order valence-corrected chi connectivity index (χ4v) is 1.55. The first-order valence-electron chi connectivity index (χ1n) is 5.47. The third-order valence-electron chi connectivity index (χ3n) is 2.65. The Morgan fingerprint density at radius 1 is 1.25 bits per heavy atom. The van der Waals surface area contributed by atoms with E-state index in [-0.39, 0.29) is 11.2 Å². The molecule has 0 radical (unpaired) electrons. The fraction of sp³-hybridized carbons (Fsp3) is 0.357. The quantitative estimate of drug-likeness (QED) is 0.767. The van der Waals surface area contributed by atoms with E-state index < -0.39 is 0 Å². The van der Waals surface area contributed by atoms with Gasteiger partial charge in [0.1, 0.15) is 17.1 Å². The molecular weight excluding hydrogens is 200 g/mol. The summed E-state index contributed by atoms with van der Waals surface area (Å²) in [4.78, 5) is 11.9. The number of para-hydroxylation sites is 1. The van der Waals surface area contributed by atoms with Gasteiger partial charge in [-0.3, -0.25) is 4.79 Å². The van der Waals surface area contributed by atoms with Crippen LogP contribution < -0.4 is 0 Å². The molecule has 0 fully saturated rings. The van der Waals surface area contributed by atoms with Crippen LogP contribution in [-0.2, 0) is 11.2 Å². The van der Waals surface area contributed by atoms with Gasteiger partial charge in [-0.15, -0.1) is 0 Å². The molecule has 1 aromatic carbocycles. The SMILES string of the molecule is CC(C)(C)C(=O)Cc1cc2ccccc2o1. The van der Waals surface area contributed by atoms with Crippen molar-refractivity contribution in [3.05, 3.63) is 36.1 Å². The second kappa shape index (κ2) is 3.78. The molecule has 84 valence electrons. The van der Waals surface area contributed by atoms with Gasteiger partial charge in [0.25, 0.3) is 0 Å². The number of hydrogen-bond donors (Lipinski definition) is 0. The summed E-state index contributed by atoms with van der Waals surface area (Å²) < 4.78 is 5.61. The van der Waals surface area contributed by atoms with Gasteiger partial charge in [0.05, 0.1) is 6.42 Å². The topological polar surface area (TPSA) is 30.2 Å². The zero-order valence-electron chi connectivity index (χ0n) is 9.91. The van der Waals surface area contributed by atoms with E-state index in [9.17, 15) is 4.79 Å². The van der Waals surface area contributed by atoms with Crippen molar-refractivity contribution in [1.82, 2.24) is 0 Å². The minimum Gasteiger partial charge on any atom is -0.461 e. The van der Waals surface area contributed by atoms with Gasteiger partial charge in [0, 0.05) is 10.8 Å². The molecule has 2 aromatic rings. The Balaban J connectivity index is 2.25. The molecule has 0 atom stereocenters. The highest BCUT2D eigenvalue weighted by Gasteiger charge is 2.22. The summed E-state index contributed by atoms with van der Waals surface area (Å²) >= 11 is 0. The minimum atomic E-state index is -0.307. The number of Topliss-reactive ketones (excluding diaryl/α,β-unsaturated/α-hetero) is 1. The molecule has 0 N–H and O–H groups in total. The number of carbonyl (C=O) groups excluding carboxylic acids is 1. The van der Waals surface area contributed by atoms with Crippen LogP contribution in [-0.4, -0.2) is 5.78 Å². The number of ketones is 1. The molecule has 0 bridgehead atoms. The first-order valence-corrected chi connectivity index (χ1v) is 5.47. The van der Waals surface area contributed by atoms with Gasteiger partial charge in [0.15, 0.2) is 0 Å². The van der Waals surface area contributed by atoms with Crippen LogP contribution >= 0.6 is 0 Å². The molecule has 0 saturated heterocycles. The van der Waals surface area contributed by atoms with Crippen LogP contribution in [0.4, 0.5) is 0 Å². The molecular formula is C14H16O2. The zero-order chi connectivity index (χ0) is 11.8. The second-order valence-electron chi connectivity index (χ2n) is 5.10. The van der Waals surface area contributed by atoms with Gasteiger partial charge in [-0.05, 0) is 12.1 Å². The Bertz CT molecular complexity index is 482. The summed E-state index contributed by atoms with van der Waals surface area (Å²) in [5.41, 5.74) is 0.540. The van der Waals surface area contributed by atoms with Crippen LogP contribution in [0.2, 0.25) is 0 Å². The number of hydrogen-bond acceptors (Lipinski definition) is 2. The number of furan rings is 1. The molecule has 2 nitrogen and oxygen atoms in total. The maximum Gasteiger partial charge on any atom is 0.145 e. The Morgan fingerprint density at radius 2 is 1.94 bits per heavy atom. The standard InChI is InChI=1S/C14H16O2/c1-14(2,3)13(15)9-11-8-10-6-4-5-7-12(10)16-11/h4-8H,9H2,1-3H3. The molecule has 1 aromatic heterocycles. The number of benzene rings is 1. The molecule has 1 heterocycles. The van der Waals surface area contributed by atoms with Crippen molar-refractivity contribution in [2.45, 2.75) is 27.2 Å². The molecule has 16 heavy (non-hydrogen) atoms. The maximum atomic E-state index is 11.9. The van der Waals surface area contributed by atoms with Crippen molar-refractivity contribution in [3.8, 4) is 0 Å². The molecule has 0 saturated carbocycles. The zero-order valence-corrected chi connectivity index (χ0v) is 9.91. The fourth-order valence-electron chi connectivity index (χ4n) is 1.55. The lowest BCUT2D eigenvalue weighted by Gasteiger charge is -2.15. The van der Waals surface area contributed by atoms with Crippen LogP contribution in [0.1, 0.15) is 26.5 Å². The smallest absolute Gasteiger partial charge is 0.145 e. The monoisotopic (exact) mass is 216 g/mol. The van der Waals surface area contributed by atoms with Gasteiger partial charge in [-0.1, -0.05) is 39.0 Å². The van der Waals surface area contributed by atoms with E-state index in [0.29, 0.717) is 6.42 Å². The largest absolute Gasteiger partial charge is 0.461 e. The third-order valence-corrected chi connectivity index (χ3v) is 2.65. The van der Waals surface area contributed by atoms with Crippen LogP contribution in [0.15, 0.2) is 34.7 Å². The summed E-state index contributed by atoms with van der Waals surface area (Å²) in [6.07, 6.45) is 0.373. The van der Waals surface area contributed by atoms with Crippen molar-refractivity contribution in [1.29, 1.82) is 0 Å². The first-order chi connectivity index (χ1) is 7.47. The van der Waals surface area contributed by atoms with E-state index in [4.69, 9.17) is 4.42 Å². The van der Waals surface area contributed by atoms with E-state index in [1.165, 1.54) is 0 Å². The summed E-state index contributed by atoms with van der Waals surface area (Å²) in [6.45, 7) is 5.79. The number of rotatable bonds is 2. The highest BCUT2D eigenvalue weighted by Crippen LogP contribution is 2.22. The van der Waals surface area contributed by atoms with Gasteiger partial charge < -0.3 is 4.42 Å². The van der Waals surface area contributed by atoms with Crippen LogP contribution in [0.3, 0.4) is 0 Å². The molecule has 0 spiro atoms. The van der Waals surface area contributed by atoms with Crippen molar-refractivity contribution < 1.29 is 9.21 Å². The summed E-state index contributed by atoms with van der Waals surface area (Å²) in [5.74, 6) is 0.952. The average Bonchev–Trinajstić information content (AvgIpc) is 2.58. The van der Waals surface area contributed by atoms with E-state index >= 15 is 0 Å². The molecule has 0 aliphatic carbocycles.